The molecular formula is C14H13BrClNO. The second-order valence-electron chi connectivity index (χ2n) is 4.79. The zero-order valence-corrected chi connectivity index (χ0v) is 12.5. The molecule has 1 aromatic carbocycles. The lowest BCUT2D eigenvalue weighted by atomic mass is 10.0. The van der Waals surface area contributed by atoms with E-state index >= 15 is 0 Å². The molecule has 4 heteroatoms. The maximum atomic E-state index is 6.30. The lowest BCUT2D eigenvalue weighted by Gasteiger charge is -2.21. The number of fused-ring (bicyclic) bond motifs is 3. The maximum absolute atomic E-state index is 6.30. The van der Waals surface area contributed by atoms with Gasteiger partial charge in [0.15, 0.2) is 0 Å². The Morgan fingerprint density at radius 2 is 2.17 bits per heavy atom. The smallest absolute Gasteiger partial charge is 0.134 e. The van der Waals surface area contributed by atoms with E-state index in [1.54, 1.807) is 0 Å². The number of aromatic nitrogens is 1. The molecule has 1 aliphatic heterocycles. The van der Waals surface area contributed by atoms with E-state index in [1.807, 2.05) is 38.1 Å². The molecule has 0 saturated heterocycles. The van der Waals surface area contributed by atoms with E-state index in [1.165, 1.54) is 5.56 Å². The van der Waals surface area contributed by atoms with Gasteiger partial charge in [-0.2, -0.15) is 0 Å². The van der Waals surface area contributed by atoms with Crippen LogP contribution in [0.2, 0.25) is 0 Å². The summed E-state index contributed by atoms with van der Waals surface area (Å²) in [5, 5.41) is 1.06. The van der Waals surface area contributed by atoms with Gasteiger partial charge in [-0.15, -0.1) is 11.6 Å². The van der Waals surface area contributed by atoms with Gasteiger partial charge in [-0.3, -0.25) is 4.98 Å². The lowest BCUT2D eigenvalue weighted by molar-refractivity contribution is 0.225. The van der Waals surface area contributed by atoms with Crippen LogP contribution >= 0.6 is 27.5 Å². The number of hydrogen-bond donors (Lipinski definition) is 0. The molecule has 0 amide bonds. The summed E-state index contributed by atoms with van der Waals surface area (Å²) < 4.78 is 5.49. The second-order valence-corrected chi connectivity index (χ2v) is 7.68. The third kappa shape index (κ3) is 1.90. The average molecular weight is 327 g/mol. The zero-order chi connectivity index (χ0) is 12.9. The maximum Gasteiger partial charge on any atom is 0.134 e. The molecule has 2 atom stereocenters. The number of halogens is 2. The quantitative estimate of drug-likeness (QED) is 0.733. The van der Waals surface area contributed by atoms with E-state index in [0.717, 1.165) is 28.8 Å². The van der Waals surface area contributed by atoms with Crippen LogP contribution in [-0.4, -0.2) is 14.9 Å². The van der Waals surface area contributed by atoms with Crippen molar-refractivity contribution in [2.45, 2.75) is 30.2 Å². The summed E-state index contributed by atoms with van der Waals surface area (Å²) >= 11 is 9.78. The molecular weight excluding hydrogens is 314 g/mol. The van der Waals surface area contributed by atoms with Crippen molar-refractivity contribution in [3.63, 3.8) is 0 Å². The largest absolute Gasteiger partial charge is 0.486 e. The molecule has 94 valence electrons. The summed E-state index contributed by atoms with van der Waals surface area (Å²) in [6.45, 7) is 3.94. The number of aryl methyl sites for hydroxylation is 1. The standard InChI is InChI=1S/C14H13BrClNO/c1-8-10-7-12(14(2,15)16)18-13(10)9-5-3-4-6-11(9)17-8/h3-6,12H,7H2,1-2H3/t12-,14+/m1/s1. The normalized spacial score (nSPS) is 21.4. The van der Waals surface area contributed by atoms with Gasteiger partial charge in [0, 0.05) is 23.1 Å². The van der Waals surface area contributed by atoms with Gasteiger partial charge in [0.25, 0.3) is 0 Å². The average Bonchev–Trinajstić information content (AvgIpc) is 2.74. The molecule has 0 fully saturated rings. The number of rotatable bonds is 1. The molecule has 0 saturated carbocycles. The highest BCUT2D eigenvalue weighted by molar-refractivity contribution is 9.10. The predicted octanol–water partition coefficient (Wildman–Crippen LogP) is 4.20. The summed E-state index contributed by atoms with van der Waals surface area (Å²) in [6.07, 6.45) is 0.727. The van der Waals surface area contributed by atoms with Gasteiger partial charge in [-0.25, -0.2) is 0 Å². The first-order valence-electron chi connectivity index (χ1n) is 5.89. The van der Waals surface area contributed by atoms with Crippen molar-refractivity contribution in [2.24, 2.45) is 0 Å². The van der Waals surface area contributed by atoms with Crippen molar-refractivity contribution in [2.75, 3.05) is 0 Å². The van der Waals surface area contributed by atoms with Crippen LogP contribution in [0.1, 0.15) is 18.2 Å². The van der Waals surface area contributed by atoms with E-state index in [2.05, 4.69) is 20.9 Å². The molecule has 0 aliphatic carbocycles. The van der Waals surface area contributed by atoms with Crippen molar-refractivity contribution in [3.05, 3.63) is 35.5 Å². The molecule has 1 aromatic heterocycles. The number of ether oxygens (including phenoxy) is 1. The second kappa shape index (κ2) is 4.10. The van der Waals surface area contributed by atoms with Gasteiger partial charge >= 0.3 is 0 Å². The number of benzene rings is 1. The molecule has 3 rings (SSSR count). The van der Waals surface area contributed by atoms with Crippen LogP contribution in [-0.2, 0) is 6.42 Å². The lowest BCUT2D eigenvalue weighted by Crippen LogP contribution is -2.31. The molecule has 0 N–H and O–H groups in total. The number of hydrogen-bond acceptors (Lipinski definition) is 2. The van der Waals surface area contributed by atoms with Crippen molar-refractivity contribution < 1.29 is 4.74 Å². The molecule has 0 spiro atoms. The molecule has 0 bridgehead atoms. The fourth-order valence-electron chi connectivity index (χ4n) is 2.37. The SMILES string of the molecule is Cc1nc2ccccc2c2c1C[C@H]([C@](C)(Cl)Br)O2. The van der Waals surface area contributed by atoms with Crippen LogP contribution in [0, 0.1) is 6.92 Å². The number of para-hydroxylation sites is 1. The minimum atomic E-state index is -0.556. The molecule has 0 unspecified atom stereocenters. The van der Waals surface area contributed by atoms with Crippen molar-refractivity contribution in [1.82, 2.24) is 4.98 Å². The number of nitrogens with zero attached hydrogens (tertiary/aromatic N) is 1. The van der Waals surface area contributed by atoms with E-state index < -0.39 is 3.78 Å². The Hall–Kier alpha value is -0.800. The first-order valence-corrected chi connectivity index (χ1v) is 7.06. The van der Waals surface area contributed by atoms with Gasteiger partial charge in [-0.05, 0) is 26.0 Å². The molecule has 2 nitrogen and oxygen atoms in total. The number of alkyl halides is 2. The summed E-state index contributed by atoms with van der Waals surface area (Å²) in [5.74, 6) is 0.939. The van der Waals surface area contributed by atoms with Crippen molar-refractivity contribution in [3.8, 4) is 5.75 Å². The number of pyridine rings is 1. The van der Waals surface area contributed by atoms with Gasteiger partial charge in [0.05, 0.1) is 5.52 Å². The van der Waals surface area contributed by atoms with Crippen LogP contribution in [0.3, 0.4) is 0 Å². The molecule has 2 aromatic rings. The zero-order valence-electron chi connectivity index (χ0n) is 10.2. The van der Waals surface area contributed by atoms with Gasteiger partial charge in [0.2, 0.25) is 0 Å². The minimum Gasteiger partial charge on any atom is -0.486 e. The highest BCUT2D eigenvalue weighted by Crippen LogP contribution is 2.43. The van der Waals surface area contributed by atoms with E-state index in [-0.39, 0.29) is 6.10 Å². The Morgan fingerprint density at radius 1 is 1.44 bits per heavy atom. The summed E-state index contributed by atoms with van der Waals surface area (Å²) in [7, 11) is 0. The third-order valence-electron chi connectivity index (χ3n) is 3.36. The van der Waals surface area contributed by atoms with Gasteiger partial charge < -0.3 is 4.74 Å². The highest BCUT2D eigenvalue weighted by atomic mass is 79.9. The van der Waals surface area contributed by atoms with Crippen LogP contribution in [0.25, 0.3) is 10.9 Å². The van der Waals surface area contributed by atoms with Crippen molar-refractivity contribution >= 4 is 38.4 Å². The molecule has 2 heterocycles. The van der Waals surface area contributed by atoms with E-state index in [0.29, 0.717) is 0 Å². The Bertz CT molecular complexity index is 621. The summed E-state index contributed by atoms with van der Waals surface area (Å²) in [6, 6.07) is 8.05. The van der Waals surface area contributed by atoms with Crippen LogP contribution in [0.5, 0.6) is 5.75 Å². The fourth-order valence-corrected chi connectivity index (χ4v) is 2.74. The minimum absolute atomic E-state index is 0.0690. The van der Waals surface area contributed by atoms with E-state index in [9.17, 15) is 0 Å². The van der Waals surface area contributed by atoms with Gasteiger partial charge in [0.1, 0.15) is 15.6 Å². The first-order chi connectivity index (χ1) is 8.47. The Morgan fingerprint density at radius 3 is 2.89 bits per heavy atom. The summed E-state index contributed by atoms with van der Waals surface area (Å²) in [5.41, 5.74) is 3.17. The highest BCUT2D eigenvalue weighted by Gasteiger charge is 2.38. The Labute approximate surface area is 119 Å². The fraction of sp³-hybridized carbons (Fsp3) is 0.357. The van der Waals surface area contributed by atoms with Crippen LogP contribution < -0.4 is 4.74 Å². The molecule has 1 aliphatic rings. The molecule has 0 radical (unpaired) electrons. The molecule has 18 heavy (non-hydrogen) atoms. The van der Waals surface area contributed by atoms with Crippen molar-refractivity contribution in [1.29, 1.82) is 0 Å². The first kappa shape index (κ1) is 12.2. The van der Waals surface area contributed by atoms with E-state index in [4.69, 9.17) is 16.3 Å². The Balaban J connectivity index is 2.18. The monoisotopic (exact) mass is 325 g/mol. The topological polar surface area (TPSA) is 22.1 Å². The third-order valence-corrected chi connectivity index (χ3v) is 4.12. The van der Waals surface area contributed by atoms with Crippen LogP contribution in [0.4, 0.5) is 0 Å². The predicted molar refractivity (Wildman–Crippen MR) is 77.8 cm³/mol. The Kier molecular flexibility index (Phi) is 2.79. The van der Waals surface area contributed by atoms with Gasteiger partial charge in [-0.1, -0.05) is 28.1 Å². The van der Waals surface area contributed by atoms with Crippen LogP contribution in [0.15, 0.2) is 24.3 Å². The summed E-state index contributed by atoms with van der Waals surface area (Å²) in [4.78, 5) is 4.63.